The first kappa shape index (κ1) is 11.7. The topological polar surface area (TPSA) is 111 Å². The van der Waals surface area contributed by atoms with Gasteiger partial charge in [-0.1, -0.05) is 12.1 Å². The lowest BCUT2D eigenvalue weighted by atomic mass is 10.1. The zero-order valence-electron chi connectivity index (χ0n) is 9.27. The number of aromatic carboxylic acids is 1. The minimum Gasteiger partial charge on any atom is -0.476 e. The van der Waals surface area contributed by atoms with Crippen molar-refractivity contribution in [1.82, 2.24) is 15.0 Å². The van der Waals surface area contributed by atoms with E-state index in [2.05, 4.69) is 10.2 Å². The molecule has 0 aliphatic carbocycles. The predicted octanol–water partition coefficient (Wildman–Crippen LogP) is 1.09. The number of hydrogen-bond donors (Lipinski definition) is 1. The van der Waals surface area contributed by atoms with Crippen LogP contribution >= 0.6 is 0 Å². The summed E-state index contributed by atoms with van der Waals surface area (Å²) < 4.78 is 0. The number of non-ortho nitro benzene ring substituents is 1. The van der Waals surface area contributed by atoms with Crippen LogP contribution in [0.4, 0.5) is 5.69 Å². The molecule has 0 saturated heterocycles. The Kier molecular flexibility index (Phi) is 2.76. The van der Waals surface area contributed by atoms with Gasteiger partial charge < -0.3 is 5.11 Å². The van der Waals surface area contributed by atoms with Crippen LogP contribution in [0.2, 0.25) is 0 Å². The predicted molar refractivity (Wildman–Crippen MR) is 60.1 cm³/mol. The highest BCUT2D eigenvalue weighted by Crippen LogP contribution is 2.24. The molecule has 0 aliphatic rings. The summed E-state index contributed by atoms with van der Waals surface area (Å²) in [4.78, 5) is 22.2. The average molecular weight is 248 g/mol. The highest BCUT2D eigenvalue weighted by Gasteiger charge is 2.19. The third-order valence-corrected chi connectivity index (χ3v) is 2.25. The van der Waals surface area contributed by atoms with E-state index in [1.165, 1.54) is 25.2 Å². The number of carbonyl (C=O) groups is 1. The first-order valence-electron chi connectivity index (χ1n) is 4.88. The molecule has 0 saturated carbocycles. The van der Waals surface area contributed by atoms with Crippen molar-refractivity contribution in [3.05, 3.63) is 40.1 Å². The second kappa shape index (κ2) is 4.24. The second-order valence-electron chi connectivity index (χ2n) is 3.50. The van der Waals surface area contributed by atoms with Gasteiger partial charge >= 0.3 is 5.97 Å². The first-order chi connectivity index (χ1) is 8.49. The molecule has 2 rings (SSSR count). The molecule has 18 heavy (non-hydrogen) atoms. The quantitative estimate of drug-likeness (QED) is 0.642. The molecule has 8 nitrogen and oxygen atoms in total. The number of rotatable bonds is 3. The fraction of sp³-hybridized carbons (Fsp3) is 0.100. The molecule has 1 aromatic carbocycles. The number of hydrogen-bond acceptors (Lipinski definition) is 5. The minimum atomic E-state index is -1.23. The number of nitro benzene ring substituents is 1. The second-order valence-corrected chi connectivity index (χ2v) is 3.50. The van der Waals surface area contributed by atoms with Crippen molar-refractivity contribution in [2.75, 3.05) is 0 Å². The Labute approximate surface area is 101 Å². The normalized spacial score (nSPS) is 10.3. The molecular weight excluding hydrogens is 240 g/mol. The van der Waals surface area contributed by atoms with E-state index in [0.29, 0.717) is 5.56 Å². The van der Waals surface area contributed by atoms with Crippen molar-refractivity contribution < 1.29 is 14.8 Å². The van der Waals surface area contributed by atoms with Gasteiger partial charge in [0.15, 0.2) is 5.69 Å². The fourth-order valence-corrected chi connectivity index (χ4v) is 1.51. The summed E-state index contributed by atoms with van der Waals surface area (Å²) in [7, 11) is 1.48. The van der Waals surface area contributed by atoms with Gasteiger partial charge in [-0.3, -0.25) is 10.1 Å². The summed E-state index contributed by atoms with van der Waals surface area (Å²) in [5.74, 6) is -1.23. The molecule has 2 aromatic rings. The molecule has 0 fully saturated rings. The van der Waals surface area contributed by atoms with E-state index < -0.39 is 10.9 Å². The van der Waals surface area contributed by atoms with Gasteiger partial charge in [-0.05, 0) is 0 Å². The van der Waals surface area contributed by atoms with Gasteiger partial charge in [-0.25, -0.2) is 4.79 Å². The summed E-state index contributed by atoms with van der Waals surface area (Å²) in [6.07, 6.45) is 0. The van der Waals surface area contributed by atoms with Gasteiger partial charge in [-0.2, -0.15) is 9.90 Å². The molecule has 0 spiro atoms. The van der Waals surface area contributed by atoms with Crippen LogP contribution in [0, 0.1) is 10.1 Å². The monoisotopic (exact) mass is 248 g/mol. The molecular formula is C10H8N4O4. The van der Waals surface area contributed by atoms with Crippen LogP contribution in [0.15, 0.2) is 24.3 Å². The Morgan fingerprint density at radius 1 is 1.44 bits per heavy atom. The molecule has 0 unspecified atom stereocenters. The number of carboxylic acids is 1. The maximum atomic E-state index is 11.0. The number of nitrogens with zero attached hydrogens (tertiary/aromatic N) is 4. The van der Waals surface area contributed by atoms with E-state index in [-0.39, 0.29) is 17.1 Å². The SMILES string of the molecule is Cn1nc(C(=O)O)c(-c2cccc([N+](=O)[O-])c2)n1. The molecule has 0 bridgehead atoms. The van der Waals surface area contributed by atoms with Crippen molar-refractivity contribution in [2.45, 2.75) is 0 Å². The highest BCUT2D eigenvalue weighted by molar-refractivity contribution is 5.92. The van der Waals surface area contributed by atoms with Gasteiger partial charge in [0, 0.05) is 24.7 Å². The third-order valence-electron chi connectivity index (χ3n) is 2.25. The Morgan fingerprint density at radius 2 is 2.17 bits per heavy atom. The molecule has 1 aromatic heterocycles. The van der Waals surface area contributed by atoms with E-state index >= 15 is 0 Å². The highest BCUT2D eigenvalue weighted by atomic mass is 16.6. The minimum absolute atomic E-state index is 0.105. The maximum absolute atomic E-state index is 11.0. The molecule has 0 aliphatic heterocycles. The van der Waals surface area contributed by atoms with Crippen LogP contribution in [0.5, 0.6) is 0 Å². The third kappa shape index (κ3) is 2.03. The Bertz CT molecular complexity index is 635. The van der Waals surface area contributed by atoms with Gasteiger partial charge in [-0.15, -0.1) is 5.10 Å². The molecule has 0 amide bonds. The summed E-state index contributed by atoms with van der Waals surface area (Å²) >= 11 is 0. The summed E-state index contributed by atoms with van der Waals surface area (Å²) in [5.41, 5.74) is 0.0795. The lowest BCUT2D eigenvalue weighted by Crippen LogP contribution is -2.00. The first-order valence-corrected chi connectivity index (χ1v) is 4.88. The average Bonchev–Trinajstić information content (AvgIpc) is 2.72. The van der Waals surface area contributed by atoms with E-state index in [9.17, 15) is 14.9 Å². The van der Waals surface area contributed by atoms with Crippen LogP contribution in [-0.4, -0.2) is 31.0 Å². The van der Waals surface area contributed by atoms with Crippen molar-refractivity contribution in [3.8, 4) is 11.3 Å². The molecule has 92 valence electrons. The number of aryl methyl sites for hydroxylation is 1. The Morgan fingerprint density at radius 3 is 2.78 bits per heavy atom. The van der Waals surface area contributed by atoms with Crippen LogP contribution in [0.3, 0.4) is 0 Å². The summed E-state index contributed by atoms with van der Waals surface area (Å²) in [6, 6.07) is 5.59. The molecule has 0 radical (unpaired) electrons. The van der Waals surface area contributed by atoms with Crippen LogP contribution in [0.1, 0.15) is 10.5 Å². The van der Waals surface area contributed by atoms with Gasteiger partial charge in [0.1, 0.15) is 5.69 Å². The van der Waals surface area contributed by atoms with Crippen molar-refractivity contribution >= 4 is 11.7 Å². The number of nitro groups is 1. The zero-order chi connectivity index (χ0) is 13.3. The summed E-state index contributed by atoms with van der Waals surface area (Å²) in [5, 5.41) is 27.2. The van der Waals surface area contributed by atoms with Gasteiger partial charge in [0.25, 0.3) is 5.69 Å². The largest absolute Gasteiger partial charge is 0.476 e. The van der Waals surface area contributed by atoms with Crippen LogP contribution in [0.25, 0.3) is 11.3 Å². The van der Waals surface area contributed by atoms with E-state index in [1.54, 1.807) is 6.07 Å². The van der Waals surface area contributed by atoms with Crippen molar-refractivity contribution in [2.24, 2.45) is 7.05 Å². The zero-order valence-corrected chi connectivity index (χ0v) is 9.27. The number of aromatic nitrogens is 3. The van der Waals surface area contributed by atoms with Crippen LogP contribution in [-0.2, 0) is 7.05 Å². The number of carboxylic acid groups (broad SMARTS) is 1. The molecule has 1 N–H and O–H groups in total. The molecule has 1 heterocycles. The van der Waals surface area contributed by atoms with Gasteiger partial charge in [0.05, 0.1) is 4.92 Å². The van der Waals surface area contributed by atoms with Crippen molar-refractivity contribution in [3.63, 3.8) is 0 Å². The Hall–Kier alpha value is -2.77. The summed E-state index contributed by atoms with van der Waals surface area (Å²) in [6.45, 7) is 0. The lowest BCUT2D eigenvalue weighted by Gasteiger charge is -1.97. The van der Waals surface area contributed by atoms with E-state index in [4.69, 9.17) is 5.11 Å². The maximum Gasteiger partial charge on any atom is 0.358 e. The van der Waals surface area contributed by atoms with E-state index in [0.717, 1.165) is 4.80 Å². The Balaban J connectivity index is 2.58. The lowest BCUT2D eigenvalue weighted by molar-refractivity contribution is -0.384. The molecule has 8 heteroatoms. The van der Waals surface area contributed by atoms with Crippen molar-refractivity contribution in [1.29, 1.82) is 0 Å². The number of benzene rings is 1. The standard InChI is InChI=1S/C10H8N4O4/c1-13-11-8(9(12-13)10(15)16)6-3-2-4-7(5-6)14(17)18/h2-5H,1H3,(H,15,16). The van der Waals surface area contributed by atoms with Crippen LogP contribution < -0.4 is 0 Å². The fourth-order valence-electron chi connectivity index (χ4n) is 1.51. The van der Waals surface area contributed by atoms with E-state index in [1.807, 2.05) is 0 Å². The molecule has 0 atom stereocenters. The smallest absolute Gasteiger partial charge is 0.358 e. The van der Waals surface area contributed by atoms with Gasteiger partial charge in [0.2, 0.25) is 0 Å².